The average Bonchev–Trinajstić information content (AvgIpc) is 2.48. The third-order valence-corrected chi connectivity index (χ3v) is 2.43. The maximum atomic E-state index is 10.8. The predicted octanol–water partition coefficient (Wildman–Crippen LogP) is 1.51. The summed E-state index contributed by atoms with van der Waals surface area (Å²) in [5.41, 5.74) is 0.0998. The summed E-state index contributed by atoms with van der Waals surface area (Å²) in [5, 5.41) is 9.68. The molecule has 4 heteroatoms. The first kappa shape index (κ1) is 13.5. The van der Waals surface area contributed by atoms with Gasteiger partial charge in [-0.15, -0.1) is 0 Å². The minimum Gasteiger partial charge on any atom is -0.460 e. The Hall–Kier alpha value is -0.610. The Balaban J connectivity index is 2.09. The summed E-state index contributed by atoms with van der Waals surface area (Å²) in [6.07, 6.45) is 1.36. The molecule has 1 N–H and O–H groups in total. The van der Waals surface area contributed by atoms with Crippen LogP contribution in [0.5, 0.6) is 0 Å². The molecule has 0 bridgehead atoms. The SMILES string of the molecule is CC(C)(C)CC(O)COCC1CCC(=O)O1. The zero-order chi connectivity index (χ0) is 12.2. The number of cyclic esters (lactones) is 1. The van der Waals surface area contributed by atoms with E-state index in [1.165, 1.54) is 0 Å². The zero-order valence-corrected chi connectivity index (χ0v) is 10.4. The van der Waals surface area contributed by atoms with Crippen molar-refractivity contribution < 1.29 is 19.4 Å². The van der Waals surface area contributed by atoms with E-state index in [1.54, 1.807) is 0 Å². The van der Waals surface area contributed by atoms with Crippen LogP contribution in [-0.2, 0) is 14.3 Å². The van der Waals surface area contributed by atoms with Crippen LogP contribution < -0.4 is 0 Å². The number of aliphatic hydroxyl groups is 1. The summed E-state index contributed by atoms with van der Waals surface area (Å²) in [5.74, 6) is -0.149. The highest BCUT2D eigenvalue weighted by atomic mass is 16.6. The lowest BCUT2D eigenvalue weighted by molar-refractivity contribution is -0.143. The number of hydrogen-bond donors (Lipinski definition) is 1. The molecule has 0 aliphatic carbocycles. The largest absolute Gasteiger partial charge is 0.460 e. The Morgan fingerprint density at radius 3 is 2.75 bits per heavy atom. The van der Waals surface area contributed by atoms with Gasteiger partial charge in [-0.25, -0.2) is 0 Å². The molecular weight excluding hydrogens is 208 g/mol. The number of carbonyl (C=O) groups excluding carboxylic acids is 1. The van der Waals surface area contributed by atoms with Crippen molar-refractivity contribution in [2.24, 2.45) is 5.41 Å². The molecule has 4 nitrogen and oxygen atoms in total. The van der Waals surface area contributed by atoms with Gasteiger partial charge in [0.1, 0.15) is 6.10 Å². The fourth-order valence-corrected chi connectivity index (χ4v) is 1.80. The first-order valence-electron chi connectivity index (χ1n) is 5.82. The van der Waals surface area contributed by atoms with Gasteiger partial charge in [0.25, 0.3) is 0 Å². The minimum atomic E-state index is -0.447. The topological polar surface area (TPSA) is 55.8 Å². The van der Waals surface area contributed by atoms with E-state index in [1.807, 2.05) is 0 Å². The molecule has 0 radical (unpaired) electrons. The Bertz CT molecular complexity index is 232. The van der Waals surface area contributed by atoms with Gasteiger partial charge in [-0.05, 0) is 18.3 Å². The third-order valence-electron chi connectivity index (χ3n) is 2.43. The van der Waals surface area contributed by atoms with Crippen LogP contribution >= 0.6 is 0 Å². The van der Waals surface area contributed by atoms with Crippen LogP contribution in [0, 0.1) is 5.41 Å². The molecule has 0 aromatic rings. The van der Waals surface area contributed by atoms with Crippen LogP contribution in [0.25, 0.3) is 0 Å². The first-order valence-corrected chi connectivity index (χ1v) is 5.82. The Kier molecular flexibility index (Phi) is 4.74. The van der Waals surface area contributed by atoms with Crippen molar-refractivity contribution in [2.75, 3.05) is 13.2 Å². The smallest absolute Gasteiger partial charge is 0.306 e. The summed E-state index contributed by atoms with van der Waals surface area (Å²) in [6, 6.07) is 0. The minimum absolute atomic E-state index is 0.0998. The summed E-state index contributed by atoms with van der Waals surface area (Å²) in [7, 11) is 0. The second kappa shape index (κ2) is 5.64. The molecule has 0 spiro atoms. The maximum absolute atomic E-state index is 10.8. The van der Waals surface area contributed by atoms with Gasteiger partial charge in [0.05, 0.1) is 19.3 Å². The summed E-state index contributed by atoms with van der Waals surface area (Å²) < 4.78 is 10.3. The van der Waals surface area contributed by atoms with Crippen LogP contribution in [0.2, 0.25) is 0 Å². The van der Waals surface area contributed by atoms with Gasteiger partial charge in [-0.3, -0.25) is 4.79 Å². The number of carbonyl (C=O) groups is 1. The molecule has 2 atom stereocenters. The van der Waals surface area contributed by atoms with Gasteiger partial charge in [0.15, 0.2) is 0 Å². The molecule has 0 aromatic heterocycles. The molecule has 1 heterocycles. The lowest BCUT2D eigenvalue weighted by atomic mass is 9.89. The molecule has 1 rings (SSSR count). The van der Waals surface area contributed by atoms with E-state index in [2.05, 4.69) is 20.8 Å². The van der Waals surface area contributed by atoms with Crippen LogP contribution in [0.4, 0.5) is 0 Å². The summed E-state index contributed by atoms with van der Waals surface area (Å²) in [4.78, 5) is 10.8. The zero-order valence-electron chi connectivity index (χ0n) is 10.4. The fourth-order valence-electron chi connectivity index (χ4n) is 1.80. The van der Waals surface area contributed by atoms with Crippen LogP contribution in [0.1, 0.15) is 40.0 Å². The van der Waals surface area contributed by atoms with Crippen molar-refractivity contribution in [2.45, 2.75) is 52.2 Å². The van der Waals surface area contributed by atoms with Crippen molar-refractivity contribution in [1.82, 2.24) is 0 Å². The molecule has 1 saturated heterocycles. The lowest BCUT2D eigenvalue weighted by Crippen LogP contribution is -2.25. The first-order chi connectivity index (χ1) is 7.37. The number of ether oxygens (including phenoxy) is 2. The molecule has 1 fully saturated rings. The van der Waals surface area contributed by atoms with Gasteiger partial charge < -0.3 is 14.6 Å². The predicted molar refractivity (Wildman–Crippen MR) is 60.0 cm³/mol. The number of hydrogen-bond acceptors (Lipinski definition) is 4. The molecule has 2 unspecified atom stereocenters. The van der Waals surface area contributed by atoms with Gasteiger partial charge >= 0.3 is 5.97 Å². The summed E-state index contributed by atoms with van der Waals surface area (Å²) in [6.45, 7) is 6.94. The van der Waals surface area contributed by atoms with Crippen molar-refractivity contribution in [3.8, 4) is 0 Å². The molecule has 1 aliphatic rings. The average molecular weight is 230 g/mol. The second-order valence-corrected chi connectivity index (χ2v) is 5.61. The van der Waals surface area contributed by atoms with E-state index >= 15 is 0 Å². The number of rotatable bonds is 5. The van der Waals surface area contributed by atoms with Crippen LogP contribution in [0.15, 0.2) is 0 Å². The Morgan fingerprint density at radius 2 is 2.25 bits per heavy atom. The molecular formula is C12H22O4. The highest BCUT2D eigenvalue weighted by Gasteiger charge is 2.24. The number of esters is 1. The lowest BCUT2D eigenvalue weighted by Gasteiger charge is -2.22. The van der Waals surface area contributed by atoms with Crippen molar-refractivity contribution in [3.05, 3.63) is 0 Å². The normalized spacial score (nSPS) is 23.2. The van der Waals surface area contributed by atoms with Crippen molar-refractivity contribution >= 4 is 5.97 Å². The highest BCUT2D eigenvalue weighted by molar-refractivity contribution is 5.71. The van der Waals surface area contributed by atoms with Crippen LogP contribution in [0.3, 0.4) is 0 Å². The van der Waals surface area contributed by atoms with E-state index in [-0.39, 0.29) is 17.5 Å². The van der Waals surface area contributed by atoms with Gasteiger partial charge in [-0.2, -0.15) is 0 Å². The summed E-state index contributed by atoms with van der Waals surface area (Å²) >= 11 is 0. The quantitative estimate of drug-likeness (QED) is 0.727. The van der Waals surface area contributed by atoms with Crippen molar-refractivity contribution in [1.29, 1.82) is 0 Å². The molecule has 1 aliphatic heterocycles. The molecule has 0 amide bonds. The monoisotopic (exact) mass is 230 g/mol. The van der Waals surface area contributed by atoms with Gasteiger partial charge in [-0.1, -0.05) is 20.8 Å². The Labute approximate surface area is 96.9 Å². The second-order valence-electron chi connectivity index (χ2n) is 5.61. The molecule has 94 valence electrons. The Morgan fingerprint density at radius 1 is 1.56 bits per heavy atom. The molecule has 16 heavy (non-hydrogen) atoms. The van der Waals surface area contributed by atoms with Gasteiger partial charge in [0.2, 0.25) is 0 Å². The number of aliphatic hydroxyl groups excluding tert-OH is 1. The van der Waals surface area contributed by atoms with E-state index < -0.39 is 6.10 Å². The van der Waals surface area contributed by atoms with E-state index in [4.69, 9.17) is 9.47 Å². The third kappa shape index (κ3) is 5.47. The van der Waals surface area contributed by atoms with E-state index in [0.717, 1.165) is 6.42 Å². The molecule has 0 aromatic carbocycles. The van der Waals surface area contributed by atoms with Gasteiger partial charge in [0, 0.05) is 6.42 Å². The fraction of sp³-hybridized carbons (Fsp3) is 0.917. The molecule has 0 saturated carbocycles. The maximum Gasteiger partial charge on any atom is 0.306 e. The van der Waals surface area contributed by atoms with Crippen LogP contribution in [-0.4, -0.2) is 36.5 Å². The highest BCUT2D eigenvalue weighted by Crippen LogP contribution is 2.21. The van der Waals surface area contributed by atoms with Crippen molar-refractivity contribution in [3.63, 3.8) is 0 Å². The standard InChI is InChI=1S/C12H22O4/c1-12(2,3)6-9(13)7-15-8-10-4-5-11(14)16-10/h9-10,13H,4-8H2,1-3H3. The van der Waals surface area contributed by atoms with E-state index in [9.17, 15) is 9.90 Å². The van der Waals surface area contributed by atoms with E-state index in [0.29, 0.717) is 26.1 Å².